The Morgan fingerprint density at radius 2 is 1.61 bits per heavy atom. The molecule has 0 aromatic heterocycles. The minimum atomic E-state index is -0.622. The number of carbonyl (C=O) groups is 2. The Morgan fingerprint density at radius 1 is 0.964 bits per heavy atom. The van der Waals surface area contributed by atoms with Crippen LogP contribution in [0.3, 0.4) is 0 Å². The van der Waals surface area contributed by atoms with E-state index in [-0.39, 0.29) is 11.8 Å². The molecule has 5 heteroatoms. The van der Waals surface area contributed by atoms with Crippen LogP contribution in [0.15, 0.2) is 54.6 Å². The van der Waals surface area contributed by atoms with E-state index < -0.39 is 6.10 Å². The second-order valence-electron chi connectivity index (χ2n) is 7.07. The molecule has 2 aromatic carbocycles. The number of hydrogen-bond acceptors (Lipinski definition) is 3. The third kappa shape index (κ3) is 5.12. The second-order valence-corrected chi connectivity index (χ2v) is 7.07. The van der Waals surface area contributed by atoms with Crippen LogP contribution in [0.2, 0.25) is 0 Å². The molecule has 0 radical (unpaired) electrons. The molecule has 1 fully saturated rings. The molecule has 0 bridgehead atoms. The number of nitrogens with zero attached hydrogens (tertiary/aromatic N) is 1. The number of amides is 2. The molecule has 1 atom stereocenters. The number of benzene rings is 2. The fraction of sp³-hybridized carbons (Fsp3) is 0.391. The average molecular weight is 380 g/mol. The molecule has 3 rings (SSSR count). The number of para-hydroxylation sites is 2. The maximum Gasteiger partial charge on any atom is 0.265 e. The summed E-state index contributed by atoms with van der Waals surface area (Å²) < 4.78 is 5.82. The number of carbonyl (C=O) groups excluding carboxylic acids is 2. The van der Waals surface area contributed by atoms with E-state index in [9.17, 15) is 9.59 Å². The molecule has 1 aliphatic heterocycles. The van der Waals surface area contributed by atoms with Gasteiger partial charge in [-0.2, -0.15) is 0 Å². The van der Waals surface area contributed by atoms with Crippen LogP contribution in [-0.2, 0) is 4.79 Å². The number of ether oxygens (including phenoxy) is 1. The summed E-state index contributed by atoms with van der Waals surface area (Å²) in [5.74, 6) is 0.385. The van der Waals surface area contributed by atoms with Gasteiger partial charge in [-0.3, -0.25) is 9.59 Å². The minimum Gasteiger partial charge on any atom is -0.481 e. The van der Waals surface area contributed by atoms with E-state index in [0.717, 1.165) is 38.8 Å². The summed E-state index contributed by atoms with van der Waals surface area (Å²) in [4.78, 5) is 27.7. The molecule has 0 aliphatic carbocycles. The summed E-state index contributed by atoms with van der Waals surface area (Å²) in [7, 11) is 0. The third-order valence-corrected chi connectivity index (χ3v) is 4.99. The third-order valence-electron chi connectivity index (χ3n) is 4.99. The van der Waals surface area contributed by atoms with Crippen molar-refractivity contribution in [2.75, 3.05) is 18.4 Å². The summed E-state index contributed by atoms with van der Waals surface area (Å²) in [6.45, 7) is 3.45. The largest absolute Gasteiger partial charge is 0.481 e. The Balaban J connectivity index is 1.72. The van der Waals surface area contributed by atoms with Gasteiger partial charge in [0.1, 0.15) is 5.75 Å². The summed E-state index contributed by atoms with van der Waals surface area (Å²) in [6, 6.07) is 16.5. The maximum absolute atomic E-state index is 13.0. The first-order chi connectivity index (χ1) is 13.7. The number of hydrogen-bond donors (Lipinski definition) is 1. The van der Waals surface area contributed by atoms with Crippen molar-refractivity contribution in [3.63, 3.8) is 0 Å². The normalized spacial score (nSPS) is 15.4. The van der Waals surface area contributed by atoms with E-state index >= 15 is 0 Å². The zero-order valence-electron chi connectivity index (χ0n) is 16.4. The summed E-state index contributed by atoms with van der Waals surface area (Å²) in [6.07, 6.45) is 4.30. The van der Waals surface area contributed by atoms with Crippen LogP contribution in [0.4, 0.5) is 5.69 Å². The first-order valence-electron chi connectivity index (χ1n) is 10.1. The highest BCUT2D eigenvalue weighted by atomic mass is 16.5. The van der Waals surface area contributed by atoms with Gasteiger partial charge in [0.05, 0.1) is 11.3 Å². The van der Waals surface area contributed by atoms with E-state index in [1.165, 1.54) is 0 Å². The van der Waals surface area contributed by atoms with Crippen molar-refractivity contribution in [2.45, 2.75) is 45.1 Å². The van der Waals surface area contributed by atoms with Crippen LogP contribution in [0.25, 0.3) is 0 Å². The molecule has 1 aliphatic rings. The second kappa shape index (κ2) is 9.93. The molecule has 2 aromatic rings. The Bertz CT molecular complexity index is 783. The van der Waals surface area contributed by atoms with Crippen LogP contribution >= 0.6 is 0 Å². The molecule has 28 heavy (non-hydrogen) atoms. The van der Waals surface area contributed by atoms with Gasteiger partial charge in [-0.1, -0.05) is 50.1 Å². The number of anilines is 1. The van der Waals surface area contributed by atoms with Crippen molar-refractivity contribution in [1.29, 1.82) is 0 Å². The van der Waals surface area contributed by atoms with E-state index in [0.29, 0.717) is 23.4 Å². The molecular weight excluding hydrogens is 352 g/mol. The van der Waals surface area contributed by atoms with Crippen molar-refractivity contribution in [3.8, 4) is 5.75 Å². The van der Waals surface area contributed by atoms with Gasteiger partial charge < -0.3 is 15.0 Å². The van der Waals surface area contributed by atoms with Crippen molar-refractivity contribution < 1.29 is 14.3 Å². The topological polar surface area (TPSA) is 58.6 Å². The molecular formula is C23H28N2O3. The maximum atomic E-state index is 13.0. The van der Waals surface area contributed by atoms with Gasteiger partial charge in [0.2, 0.25) is 0 Å². The van der Waals surface area contributed by atoms with Gasteiger partial charge >= 0.3 is 0 Å². The van der Waals surface area contributed by atoms with Gasteiger partial charge in [0.25, 0.3) is 11.8 Å². The van der Waals surface area contributed by atoms with E-state index in [4.69, 9.17) is 4.74 Å². The van der Waals surface area contributed by atoms with Crippen LogP contribution in [0, 0.1) is 0 Å². The molecule has 0 spiro atoms. The molecule has 1 N–H and O–H groups in total. The predicted octanol–water partition coefficient (Wildman–Crippen LogP) is 4.50. The van der Waals surface area contributed by atoms with Gasteiger partial charge in [-0.05, 0) is 43.5 Å². The Kier molecular flexibility index (Phi) is 7.06. The quantitative estimate of drug-likeness (QED) is 0.803. The van der Waals surface area contributed by atoms with Crippen molar-refractivity contribution in [3.05, 3.63) is 60.2 Å². The highest BCUT2D eigenvalue weighted by Crippen LogP contribution is 2.21. The van der Waals surface area contributed by atoms with Crippen LogP contribution in [-0.4, -0.2) is 35.9 Å². The highest BCUT2D eigenvalue weighted by Gasteiger charge is 2.23. The first-order valence-corrected chi connectivity index (χ1v) is 10.1. The first kappa shape index (κ1) is 19.9. The summed E-state index contributed by atoms with van der Waals surface area (Å²) in [5.41, 5.74) is 1.07. The summed E-state index contributed by atoms with van der Waals surface area (Å²) in [5, 5.41) is 2.91. The Morgan fingerprint density at radius 3 is 2.29 bits per heavy atom. The molecule has 148 valence electrons. The average Bonchev–Trinajstić information content (AvgIpc) is 3.02. The van der Waals surface area contributed by atoms with Crippen LogP contribution in [0.1, 0.15) is 49.4 Å². The fourth-order valence-corrected chi connectivity index (χ4v) is 3.42. The highest BCUT2D eigenvalue weighted by molar-refractivity contribution is 6.04. The monoisotopic (exact) mass is 380 g/mol. The van der Waals surface area contributed by atoms with Crippen molar-refractivity contribution in [2.24, 2.45) is 0 Å². The molecule has 5 nitrogen and oxygen atoms in total. The zero-order valence-corrected chi connectivity index (χ0v) is 16.4. The molecule has 2 amide bonds. The summed E-state index contributed by atoms with van der Waals surface area (Å²) >= 11 is 0. The van der Waals surface area contributed by atoms with Gasteiger partial charge in [0.15, 0.2) is 6.10 Å². The number of rotatable bonds is 6. The van der Waals surface area contributed by atoms with Gasteiger partial charge in [0, 0.05) is 13.1 Å². The van der Waals surface area contributed by atoms with Crippen LogP contribution in [0.5, 0.6) is 5.75 Å². The lowest BCUT2D eigenvalue weighted by atomic mass is 10.1. The van der Waals surface area contributed by atoms with Crippen molar-refractivity contribution >= 4 is 17.5 Å². The minimum absolute atomic E-state index is 0.0187. The van der Waals surface area contributed by atoms with Gasteiger partial charge in [-0.25, -0.2) is 0 Å². The smallest absolute Gasteiger partial charge is 0.265 e. The van der Waals surface area contributed by atoms with Crippen molar-refractivity contribution in [1.82, 2.24) is 4.90 Å². The molecule has 1 heterocycles. The SMILES string of the molecule is CC[C@@H](Oc1ccccc1)C(=O)Nc1ccccc1C(=O)N1CCCCCC1. The van der Waals surface area contributed by atoms with Crippen LogP contribution < -0.4 is 10.1 Å². The predicted molar refractivity (Wildman–Crippen MR) is 111 cm³/mol. The van der Waals surface area contributed by atoms with E-state index in [1.54, 1.807) is 12.1 Å². The molecule has 1 saturated heterocycles. The fourth-order valence-electron chi connectivity index (χ4n) is 3.42. The van der Waals surface area contributed by atoms with E-state index in [2.05, 4.69) is 5.32 Å². The zero-order chi connectivity index (χ0) is 19.8. The lowest BCUT2D eigenvalue weighted by Gasteiger charge is -2.23. The van der Waals surface area contributed by atoms with E-state index in [1.807, 2.05) is 54.3 Å². The number of likely N-dealkylation sites (tertiary alicyclic amines) is 1. The Hall–Kier alpha value is -2.82. The molecule has 0 saturated carbocycles. The number of nitrogens with one attached hydrogen (secondary N) is 1. The lowest BCUT2D eigenvalue weighted by molar-refractivity contribution is -0.122. The lowest BCUT2D eigenvalue weighted by Crippen LogP contribution is -2.35. The standard InChI is InChI=1S/C23H28N2O3/c1-2-21(28-18-12-6-5-7-13-18)22(26)24-20-15-9-8-14-19(20)23(27)25-16-10-3-4-11-17-25/h5-9,12-15,21H,2-4,10-11,16-17H2,1H3,(H,24,26)/t21-/m1/s1. The molecule has 0 unspecified atom stereocenters. The Labute approximate surface area is 166 Å². The van der Waals surface area contributed by atoms with Gasteiger partial charge in [-0.15, -0.1) is 0 Å².